The van der Waals surface area contributed by atoms with Gasteiger partial charge in [0.1, 0.15) is 5.82 Å². The van der Waals surface area contributed by atoms with Crippen LogP contribution >= 0.6 is 0 Å². The van der Waals surface area contributed by atoms with Crippen LogP contribution in [0.2, 0.25) is 0 Å². The van der Waals surface area contributed by atoms with Crippen molar-refractivity contribution >= 4 is 5.91 Å². The van der Waals surface area contributed by atoms with E-state index in [0.29, 0.717) is 16.8 Å². The van der Waals surface area contributed by atoms with Crippen LogP contribution in [0.5, 0.6) is 0 Å². The molecule has 0 aliphatic heterocycles. The Balaban J connectivity index is 1.50. The van der Waals surface area contributed by atoms with Crippen LogP contribution in [0.3, 0.4) is 0 Å². The summed E-state index contributed by atoms with van der Waals surface area (Å²) in [5.74, 6) is -1.78. The molecule has 4 rings (SSSR count). The third-order valence-corrected chi connectivity index (χ3v) is 4.59. The van der Waals surface area contributed by atoms with Gasteiger partial charge in [-0.3, -0.25) is 9.48 Å². The molecular formula is C21H16F4N6O. The van der Waals surface area contributed by atoms with Crippen LogP contribution in [0.25, 0.3) is 5.69 Å². The Labute approximate surface area is 179 Å². The Morgan fingerprint density at radius 2 is 1.78 bits per heavy atom. The van der Waals surface area contributed by atoms with Gasteiger partial charge in [-0.1, -0.05) is 35.5 Å². The van der Waals surface area contributed by atoms with Crippen molar-refractivity contribution < 1.29 is 22.4 Å². The molecule has 0 bridgehead atoms. The number of aromatic nitrogens is 5. The third-order valence-electron chi connectivity index (χ3n) is 4.59. The molecule has 0 atom stereocenters. The van der Waals surface area contributed by atoms with E-state index in [1.807, 2.05) is 24.4 Å². The van der Waals surface area contributed by atoms with E-state index in [0.717, 1.165) is 17.7 Å². The minimum atomic E-state index is -4.93. The molecule has 1 N–H and O–H groups in total. The molecule has 1 amide bonds. The van der Waals surface area contributed by atoms with E-state index >= 15 is 0 Å². The zero-order valence-electron chi connectivity index (χ0n) is 16.4. The smallest absolute Gasteiger partial charge is 0.346 e. The predicted octanol–water partition coefficient (Wildman–Crippen LogP) is 3.60. The topological polar surface area (TPSA) is 77.6 Å². The second-order valence-corrected chi connectivity index (χ2v) is 6.88. The van der Waals surface area contributed by atoms with Crippen molar-refractivity contribution in [2.45, 2.75) is 19.3 Å². The molecule has 7 nitrogen and oxygen atoms in total. The van der Waals surface area contributed by atoms with Gasteiger partial charge in [0.2, 0.25) is 0 Å². The summed E-state index contributed by atoms with van der Waals surface area (Å²) in [5, 5.41) is 13.4. The van der Waals surface area contributed by atoms with Crippen molar-refractivity contribution in [3.63, 3.8) is 0 Å². The highest BCUT2D eigenvalue weighted by atomic mass is 19.4. The number of alkyl halides is 3. The van der Waals surface area contributed by atoms with E-state index in [-0.39, 0.29) is 12.2 Å². The summed E-state index contributed by atoms with van der Waals surface area (Å²) in [4.78, 5) is 12.5. The SMILES string of the molecule is O=C(NCc1ccc(Cn2cccn2)cc1)c1nnn(-c2cccc(F)c2)c1C(F)(F)F. The highest BCUT2D eigenvalue weighted by Gasteiger charge is 2.42. The average molecular weight is 444 g/mol. The first-order chi connectivity index (χ1) is 15.3. The number of hydrogen-bond acceptors (Lipinski definition) is 4. The molecule has 4 aromatic rings. The minimum Gasteiger partial charge on any atom is -0.346 e. The van der Waals surface area contributed by atoms with Crippen molar-refractivity contribution in [1.29, 1.82) is 0 Å². The highest BCUT2D eigenvalue weighted by molar-refractivity contribution is 5.93. The van der Waals surface area contributed by atoms with Gasteiger partial charge >= 0.3 is 6.18 Å². The number of benzene rings is 2. The molecular weight excluding hydrogens is 428 g/mol. The Morgan fingerprint density at radius 3 is 2.44 bits per heavy atom. The van der Waals surface area contributed by atoms with Gasteiger partial charge in [0.05, 0.1) is 12.2 Å². The number of halogens is 4. The first-order valence-electron chi connectivity index (χ1n) is 9.43. The van der Waals surface area contributed by atoms with E-state index in [9.17, 15) is 22.4 Å². The Kier molecular flexibility index (Phi) is 5.71. The lowest BCUT2D eigenvalue weighted by Gasteiger charge is -2.11. The Hall–Kier alpha value is -4.02. The lowest BCUT2D eigenvalue weighted by Crippen LogP contribution is -2.27. The summed E-state index contributed by atoms with van der Waals surface area (Å²) < 4.78 is 56.6. The van der Waals surface area contributed by atoms with Crippen LogP contribution < -0.4 is 5.32 Å². The van der Waals surface area contributed by atoms with Gasteiger partial charge in [-0.05, 0) is 35.4 Å². The molecule has 164 valence electrons. The van der Waals surface area contributed by atoms with E-state index in [1.165, 1.54) is 12.1 Å². The van der Waals surface area contributed by atoms with Gasteiger partial charge in [-0.25, -0.2) is 9.07 Å². The lowest BCUT2D eigenvalue weighted by molar-refractivity contribution is -0.143. The van der Waals surface area contributed by atoms with Crippen molar-refractivity contribution in [3.05, 3.63) is 95.3 Å². The van der Waals surface area contributed by atoms with Crippen molar-refractivity contribution in [2.24, 2.45) is 0 Å². The summed E-state index contributed by atoms with van der Waals surface area (Å²) >= 11 is 0. The highest BCUT2D eigenvalue weighted by Crippen LogP contribution is 2.32. The van der Waals surface area contributed by atoms with E-state index < -0.39 is 29.3 Å². The lowest BCUT2D eigenvalue weighted by atomic mass is 10.1. The summed E-state index contributed by atoms with van der Waals surface area (Å²) in [6.45, 7) is 0.558. The second kappa shape index (κ2) is 8.61. The number of nitrogens with zero attached hydrogens (tertiary/aromatic N) is 5. The first kappa shape index (κ1) is 21.2. The molecule has 0 saturated heterocycles. The van der Waals surface area contributed by atoms with Gasteiger partial charge in [0.25, 0.3) is 5.91 Å². The van der Waals surface area contributed by atoms with Gasteiger partial charge < -0.3 is 5.32 Å². The number of carbonyl (C=O) groups excluding carboxylic acids is 1. The van der Waals surface area contributed by atoms with Crippen LogP contribution in [-0.4, -0.2) is 30.7 Å². The second-order valence-electron chi connectivity index (χ2n) is 6.88. The Bertz CT molecular complexity index is 1220. The van der Waals surface area contributed by atoms with Crippen LogP contribution in [0, 0.1) is 5.82 Å². The zero-order chi connectivity index (χ0) is 22.7. The third kappa shape index (κ3) is 4.66. The quantitative estimate of drug-likeness (QED) is 0.461. The monoisotopic (exact) mass is 444 g/mol. The molecule has 11 heteroatoms. The molecule has 2 heterocycles. The molecule has 0 aliphatic carbocycles. The molecule has 2 aromatic carbocycles. The first-order valence-corrected chi connectivity index (χ1v) is 9.43. The van der Waals surface area contributed by atoms with Crippen LogP contribution in [0.15, 0.2) is 67.0 Å². The number of hydrogen-bond donors (Lipinski definition) is 1. The maximum atomic E-state index is 13.7. The number of nitrogens with one attached hydrogen (secondary N) is 1. The van der Waals surface area contributed by atoms with E-state index in [4.69, 9.17) is 0 Å². The molecule has 0 spiro atoms. The molecule has 2 aromatic heterocycles. The van der Waals surface area contributed by atoms with Crippen LogP contribution in [0.4, 0.5) is 17.6 Å². The molecule has 0 unspecified atom stereocenters. The van der Waals surface area contributed by atoms with E-state index in [1.54, 1.807) is 23.0 Å². The maximum Gasteiger partial charge on any atom is 0.435 e. The van der Waals surface area contributed by atoms with Gasteiger partial charge in [-0.2, -0.15) is 18.3 Å². The molecule has 0 fully saturated rings. The van der Waals surface area contributed by atoms with Gasteiger partial charge in [0.15, 0.2) is 11.4 Å². The maximum absolute atomic E-state index is 13.7. The molecule has 0 radical (unpaired) electrons. The minimum absolute atomic E-state index is 0.00892. The summed E-state index contributed by atoms with van der Waals surface area (Å²) in [6, 6.07) is 13.4. The van der Waals surface area contributed by atoms with Crippen LogP contribution in [-0.2, 0) is 19.3 Å². The average Bonchev–Trinajstić information content (AvgIpc) is 3.43. The fourth-order valence-corrected chi connectivity index (χ4v) is 3.09. The summed E-state index contributed by atoms with van der Waals surface area (Å²) in [6.07, 6.45) is -1.44. The number of amides is 1. The Morgan fingerprint density at radius 1 is 1.03 bits per heavy atom. The largest absolute Gasteiger partial charge is 0.435 e. The van der Waals surface area contributed by atoms with Gasteiger partial charge in [-0.15, -0.1) is 5.10 Å². The fraction of sp³-hybridized carbons (Fsp3) is 0.143. The zero-order valence-corrected chi connectivity index (χ0v) is 16.4. The van der Waals surface area contributed by atoms with Crippen molar-refractivity contribution in [3.8, 4) is 5.69 Å². The summed E-state index contributed by atoms with van der Waals surface area (Å²) in [7, 11) is 0. The van der Waals surface area contributed by atoms with Crippen molar-refractivity contribution in [1.82, 2.24) is 30.1 Å². The van der Waals surface area contributed by atoms with Crippen molar-refractivity contribution in [2.75, 3.05) is 0 Å². The molecule has 32 heavy (non-hydrogen) atoms. The predicted molar refractivity (Wildman–Crippen MR) is 105 cm³/mol. The molecule has 0 aliphatic rings. The number of rotatable bonds is 6. The normalized spacial score (nSPS) is 11.5. The molecule has 0 saturated carbocycles. The summed E-state index contributed by atoms with van der Waals surface area (Å²) in [5.41, 5.74) is -0.807. The van der Waals surface area contributed by atoms with E-state index in [2.05, 4.69) is 20.7 Å². The van der Waals surface area contributed by atoms with Gasteiger partial charge in [0, 0.05) is 18.9 Å². The number of carbonyl (C=O) groups is 1. The standard InChI is InChI=1S/C21H16F4N6O/c22-16-3-1-4-17(11-16)31-19(21(23,24)25)18(28-29-31)20(32)26-12-14-5-7-15(8-6-14)13-30-10-2-9-27-30/h1-11H,12-13H2,(H,26,32). The van der Waals surface area contributed by atoms with Crippen LogP contribution in [0.1, 0.15) is 27.3 Å². The fourth-order valence-electron chi connectivity index (χ4n) is 3.09.